The third kappa shape index (κ3) is 8.35. The second kappa shape index (κ2) is 14.0. The normalized spacial score (nSPS) is 33.0. The first-order valence-corrected chi connectivity index (χ1v) is 18.1. The van der Waals surface area contributed by atoms with Crippen LogP contribution in [0.3, 0.4) is 0 Å². The lowest BCUT2D eigenvalue weighted by atomic mass is 10.0. The lowest BCUT2D eigenvalue weighted by Gasteiger charge is -2.22. The first-order chi connectivity index (χ1) is 22.8. The van der Waals surface area contributed by atoms with E-state index in [0.29, 0.717) is 0 Å². The molecule has 0 radical (unpaired) electrons. The molecule has 0 aromatic carbocycles. The molecular weight excluding hydrogens is 731 g/mol. The summed E-state index contributed by atoms with van der Waals surface area (Å²) in [6, 6.07) is 0. The van der Waals surface area contributed by atoms with E-state index >= 15 is 0 Å². The highest BCUT2D eigenvalue weighted by Crippen LogP contribution is 2.61. The Hall–Kier alpha value is -2.93. The number of hydrogen-bond donors (Lipinski definition) is 9. The zero-order chi connectivity index (χ0) is 36.1. The highest BCUT2D eigenvalue weighted by molar-refractivity contribution is 7.61. The number of phosphoric acid groups is 3. The van der Waals surface area contributed by atoms with Crippen LogP contribution in [0, 0.1) is 5.92 Å². The number of primary amides is 1. The fourth-order valence-corrected chi connectivity index (χ4v) is 7.61. The number of fused-ring (bicyclic) bond motifs is 1. The molecule has 0 aliphatic carbocycles. The standard InChI is InChI=1S/C21H28N7O18P3/c22-17-12-19(25-6-24-17)28(7-26-12)21-16(45-47(34,35)36)14(31)11(44-21)5-42-49(39,40)46-48(37,38)41-4-10-13(30)15(32)20(43-10)27-2-1-9(29)8(3-27)18(23)33/h1-3,6-8,10-11,13-16,20-21,30-32H,4-5H2,(H7-,22,23,24,25,33,34,35,36,37,38,39,40)/p+1/t8-,10+,11+,13+,14+,15+,16+,20+,21+/m0/s1. The number of phosphoric ester groups is 3. The van der Waals surface area contributed by atoms with E-state index in [1.165, 1.54) is 0 Å². The molecule has 5 heterocycles. The predicted octanol–water partition coefficient (Wildman–Crippen LogP) is -3.88. The topological polar surface area (TPSA) is 381 Å². The number of amides is 1. The minimum absolute atomic E-state index is 0.00852. The van der Waals surface area contributed by atoms with Crippen LogP contribution in [0.2, 0.25) is 0 Å². The third-order valence-electron chi connectivity index (χ3n) is 7.22. The largest absolute Gasteiger partial charge is 0.481 e. The van der Waals surface area contributed by atoms with Gasteiger partial charge in [-0.1, -0.05) is 0 Å². The number of nitrogens with zero attached hydrogens (tertiary/aromatic N) is 5. The number of aliphatic hydroxyl groups is 3. The maximum absolute atomic E-state index is 12.6. The summed E-state index contributed by atoms with van der Waals surface area (Å²) in [4.78, 5) is 74.0. The van der Waals surface area contributed by atoms with Gasteiger partial charge in [-0.2, -0.15) is 8.89 Å². The third-order valence-corrected chi connectivity index (χ3v) is 10.3. The molecule has 2 aromatic rings. The van der Waals surface area contributed by atoms with E-state index in [-0.39, 0.29) is 17.0 Å². The van der Waals surface area contributed by atoms with Gasteiger partial charge in [-0.15, -0.1) is 0 Å². The molecule has 28 heteroatoms. The number of aromatic nitrogens is 4. The summed E-state index contributed by atoms with van der Waals surface area (Å²) in [5, 5.41) is 31.5. The van der Waals surface area contributed by atoms with Gasteiger partial charge in [0.05, 0.1) is 19.5 Å². The second-order valence-electron chi connectivity index (χ2n) is 10.6. The molecule has 2 aromatic heterocycles. The van der Waals surface area contributed by atoms with Crippen LogP contribution in [0.1, 0.15) is 6.23 Å². The predicted molar refractivity (Wildman–Crippen MR) is 153 cm³/mol. The number of imidazole rings is 1. The van der Waals surface area contributed by atoms with E-state index in [2.05, 4.69) is 32.8 Å². The van der Waals surface area contributed by atoms with Gasteiger partial charge in [-0.3, -0.25) is 27.7 Å². The zero-order valence-electron chi connectivity index (χ0n) is 24.4. The van der Waals surface area contributed by atoms with Crippen LogP contribution in [0.5, 0.6) is 0 Å². The lowest BCUT2D eigenvalue weighted by Crippen LogP contribution is -2.42. The maximum atomic E-state index is 12.6. The second-order valence-corrected chi connectivity index (χ2v) is 14.8. The summed E-state index contributed by atoms with van der Waals surface area (Å²) in [6.07, 6.45) is -8.30. The molecule has 0 saturated carbocycles. The molecule has 0 spiro atoms. The number of rotatable bonds is 13. The molecule has 5 rings (SSSR count). The number of nitrogen functional groups attached to an aromatic ring is 1. The molecule has 1 amide bonds. The molecule has 0 bridgehead atoms. The number of carbonyl (C=O) groups excluding carboxylic acids is 2. The minimum atomic E-state index is -5.55. The summed E-state index contributed by atoms with van der Waals surface area (Å²) in [5.74, 6) is -3.12. The van der Waals surface area contributed by atoms with Crippen LogP contribution in [0.15, 0.2) is 24.9 Å². The van der Waals surface area contributed by atoms with Crippen molar-refractivity contribution in [1.82, 2.24) is 19.5 Å². The van der Waals surface area contributed by atoms with Crippen molar-refractivity contribution in [1.29, 1.82) is 0 Å². The quantitative estimate of drug-likeness (QED) is 0.0535. The van der Waals surface area contributed by atoms with Crippen molar-refractivity contribution < 1.29 is 90.1 Å². The average Bonchev–Trinajstić information content (AvgIpc) is 3.64. The van der Waals surface area contributed by atoms with Gasteiger partial charge in [0.1, 0.15) is 42.4 Å². The fraction of sp³-hybridized carbons (Fsp3) is 0.524. The Morgan fingerprint density at radius 2 is 1.59 bits per heavy atom. The highest BCUT2D eigenvalue weighted by atomic mass is 31.3. The van der Waals surface area contributed by atoms with Crippen LogP contribution in [-0.4, -0.2) is 133 Å². The van der Waals surface area contributed by atoms with Gasteiger partial charge in [0, 0.05) is 6.08 Å². The number of allylic oxidation sites excluding steroid dienone is 1. The van der Waals surface area contributed by atoms with E-state index in [0.717, 1.165) is 40.3 Å². The van der Waals surface area contributed by atoms with E-state index in [1.807, 2.05) is 0 Å². The smallest absolute Gasteiger partial charge is 0.387 e. The monoisotopic (exact) mass is 760 g/mol. The van der Waals surface area contributed by atoms with E-state index in [4.69, 9.17) is 20.9 Å². The Morgan fingerprint density at radius 1 is 0.959 bits per heavy atom. The fourth-order valence-electron chi connectivity index (χ4n) is 4.98. The Bertz CT molecular complexity index is 1820. The molecule has 11 N–H and O–H groups in total. The number of anilines is 1. The number of carbonyl (C=O) groups is 2. The number of nitrogens with two attached hydrogens (primary N) is 2. The summed E-state index contributed by atoms with van der Waals surface area (Å²) >= 11 is 0. The van der Waals surface area contributed by atoms with Gasteiger partial charge in [-0.25, -0.2) is 28.6 Å². The van der Waals surface area contributed by atoms with E-state index < -0.39 is 103 Å². The zero-order valence-corrected chi connectivity index (χ0v) is 27.0. The number of ether oxygens (including phenoxy) is 2. The highest BCUT2D eigenvalue weighted by Gasteiger charge is 2.52. The van der Waals surface area contributed by atoms with Crippen molar-refractivity contribution in [2.24, 2.45) is 11.7 Å². The van der Waals surface area contributed by atoms with Crippen LogP contribution in [0.4, 0.5) is 5.82 Å². The first-order valence-electron chi connectivity index (χ1n) is 13.6. The van der Waals surface area contributed by atoms with Crippen molar-refractivity contribution in [3.05, 3.63) is 24.9 Å². The van der Waals surface area contributed by atoms with Crippen molar-refractivity contribution in [3.8, 4) is 0 Å². The molecule has 3 aliphatic heterocycles. The molecule has 270 valence electrons. The maximum Gasteiger partial charge on any atom is 0.481 e. The summed E-state index contributed by atoms with van der Waals surface area (Å²) in [6.45, 7) is -2.11. The summed E-state index contributed by atoms with van der Waals surface area (Å²) in [5.41, 5.74) is 11.0. The van der Waals surface area contributed by atoms with Crippen LogP contribution in [-0.2, 0) is 50.6 Å². The number of aliphatic hydroxyl groups excluding tert-OH is 3. The average molecular weight is 760 g/mol. The van der Waals surface area contributed by atoms with Gasteiger partial charge < -0.3 is 55.8 Å². The van der Waals surface area contributed by atoms with Gasteiger partial charge in [0.15, 0.2) is 47.9 Å². The Labute approximate surface area is 272 Å². The van der Waals surface area contributed by atoms with Crippen LogP contribution < -0.4 is 11.5 Å². The molecular formula is C21H29N7O18P3+. The van der Waals surface area contributed by atoms with E-state index in [9.17, 15) is 58.2 Å². The number of hydrogen-bond acceptors (Lipinski definition) is 18. The molecule has 49 heavy (non-hydrogen) atoms. The van der Waals surface area contributed by atoms with Crippen molar-refractivity contribution in [2.45, 2.75) is 49.1 Å². The summed E-state index contributed by atoms with van der Waals surface area (Å²) in [7, 11) is -16.4. The Balaban J connectivity index is 1.20. The van der Waals surface area contributed by atoms with Gasteiger partial charge in [0.25, 0.3) is 6.23 Å². The van der Waals surface area contributed by atoms with Gasteiger partial charge in [-0.05, 0) is 0 Å². The SMILES string of the molecule is NC(=O)[C@H]1C=[N+]([C@@H]2O[C@H](COP(=O)(O)OP(=O)(O)OC[C@H]3O[C@@H](n4cnc5c(N)ncnc54)[C@H](OP(=O)(O)O)[C@@H]3O)[C@@H](O)[C@H]2O)C=CC1=O. The summed E-state index contributed by atoms with van der Waals surface area (Å²) < 4.78 is 68.1. The van der Waals surface area contributed by atoms with Crippen molar-refractivity contribution in [2.75, 3.05) is 18.9 Å². The van der Waals surface area contributed by atoms with Crippen molar-refractivity contribution in [3.63, 3.8) is 0 Å². The van der Waals surface area contributed by atoms with Gasteiger partial charge >= 0.3 is 23.5 Å². The Morgan fingerprint density at radius 3 is 2.20 bits per heavy atom. The molecule has 2 fully saturated rings. The minimum Gasteiger partial charge on any atom is -0.387 e. The van der Waals surface area contributed by atoms with E-state index in [1.54, 1.807) is 0 Å². The van der Waals surface area contributed by atoms with Crippen molar-refractivity contribution >= 4 is 58.4 Å². The molecule has 2 saturated heterocycles. The van der Waals surface area contributed by atoms with Crippen LogP contribution in [0.25, 0.3) is 11.2 Å². The molecule has 2 unspecified atom stereocenters. The molecule has 11 atom stereocenters. The van der Waals surface area contributed by atoms with Gasteiger partial charge in [0.2, 0.25) is 5.91 Å². The molecule has 3 aliphatic rings. The number of ketones is 1. The molecule has 25 nitrogen and oxygen atoms in total. The lowest BCUT2D eigenvalue weighted by molar-refractivity contribution is -0.560. The Kier molecular flexibility index (Phi) is 10.7. The first kappa shape index (κ1) is 37.3. The van der Waals surface area contributed by atoms with Crippen LogP contribution >= 0.6 is 23.5 Å².